The number of rotatable bonds is 8. The molecule has 0 saturated heterocycles. The maximum atomic E-state index is 10.7. The average Bonchev–Trinajstić information content (AvgIpc) is 2.11. The van der Waals surface area contributed by atoms with E-state index in [-0.39, 0.29) is 19.2 Å². The summed E-state index contributed by atoms with van der Waals surface area (Å²) in [4.78, 5) is 10.7. The van der Waals surface area contributed by atoms with E-state index in [1.807, 2.05) is 0 Å². The topological polar surface area (TPSA) is 65.0 Å². The van der Waals surface area contributed by atoms with E-state index in [9.17, 15) is 4.79 Å². The molecule has 0 aromatic carbocycles. The Labute approximate surface area is 77.6 Å². The van der Waals surface area contributed by atoms with E-state index in [2.05, 4.69) is 4.74 Å². The van der Waals surface area contributed by atoms with Crippen LogP contribution >= 0.6 is 0 Å². The zero-order valence-corrected chi connectivity index (χ0v) is 7.82. The predicted octanol–water partition coefficient (Wildman–Crippen LogP) is -0.425. The first-order valence-corrected chi connectivity index (χ1v) is 4.23. The monoisotopic (exact) mass is 192 g/mol. The normalized spacial score (nSPS) is 10.0. The number of aliphatic hydroxyl groups excluding tert-OH is 1. The molecule has 0 aliphatic heterocycles. The quantitative estimate of drug-likeness (QED) is 0.418. The molecule has 0 aromatic heterocycles. The molecule has 0 heterocycles. The molecule has 0 amide bonds. The third-order valence-corrected chi connectivity index (χ3v) is 1.13. The number of hydrogen-bond donors (Lipinski definition) is 1. The van der Waals surface area contributed by atoms with Gasteiger partial charge in [-0.25, -0.2) is 4.79 Å². The number of carbonyl (C=O) groups is 1. The summed E-state index contributed by atoms with van der Waals surface area (Å²) in [5, 5.41) is 8.34. The highest BCUT2D eigenvalue weighted by Crippen LogP contribution is 1.82. The van der Waals surface area contributed by atoms with Crippen molar-refractivity contribution in [2.24, 2.45) is 0 Å². The van der Waals surface area contributed by atoms with Gasteiger partial charge >= 0.3 is 5.97 Å². The fourth-order valence-corrected chi connectivity index (χ4v) is 0.643. The van der Waals surface area contributed by atoms with Crippen LogP contribution in [-0.2, 0) is 19.0 Å². The molecule has 0 radical (unpaired) electrons. The second-order valence-corrected chi connectivity index (χ2v) is 2.19. The fraction of sp³-hybridized carbons (Fsp3) is 0.875. The molecule has 0 unspecified atom stereocenters. The van der Waals surface area contributed by atoms with Crippen LogP contribution in [0, 0.1) is 0 Å². The minimum atomic E-state index is -0.371. The van der Waals surface area contributed by atoms with Gasteiger partial charge in [-0.15, -0.1) is 0 Å². The minimum Gasteiger partial charge on any atom is -0.464 e. The molecule has 5 nitrogen and oxygen atoms in total. The van der Waals surface area contributed by atoms with E-state index in [1.165, 1.54) is 0 Å². The molecule has 1 N–H and O–H groups in total. The Morgan fingerprint density at radius 3 is 2.54 bits per heavy atom. The highest BCUT2D eigenvalue weighted by molar-refractivity contribution is 5.70. The summed E-state index contributed by atoms with van der Waals surface area (Å²) in [6.07, 6.45) is 0. The maximum Gasteiger partial charge on any atom is 0.332 e. The number of carbonyl (C=O) groups excluding carboxylic acids is 1. The molecule has 0 bridgehead atoms. The number of ether oxygens (including phenoxy) is 3. The summed E-state index contributed by atoms with van der Waals surface area (Å²) in [7, 11) is 0. The SMILES string of the molecule is CCOC(=O)COCCOCCO. The second-order valence-electron chi connectivity index (χ2n) is 2.19. The largest absolute Gasteiger partial charge is 0.464 e. The predicted molar refractivity (Wildman–Crippen MR) is 45.4 cm³/mol. The lowest BCUT2D eigenvalue weighted by Gasteiger charge is -2.04. The van der Waals surface area contributed by atoms with Crippen LogP contribution in [0.1, 0.15) is 6.92 Å². The molecule has 5 heteroatoms. The van der Waals surface area contributed by atoms with Crippen molar-refractivity contribution < 1.29 is 24.1 Å². The number of hydrogen-bond acceptors (Lipinski definition) is 5. The molecule has 0 fully saturated rings. The van der Waals surface area contributed by atoms with E-state index < -0.39 is 0 Å². The zero-order valence-electron chi connectivity index (χ0n) is 7.82. The van der Waals surface area contributed by atoms with E-state index in [0.717, 1.165) is 0 Å². The molecule has 13 heavy (non-hydrogen) atoms. The molecule has 0 atom stereocenters. The van der Waals surface area contributed by atoms with Crippen molar-refractivity contribution in [3.63, 3.8) is 0 Å². The van der Waals surface area contributed by atoms with Crippen LogP contribution in [0.5, 0.6) is 0 Å². The third kappa shape index (κ3) is 9.26. The summed E-state index contributed by atoms with van der Waals surface area (Å²) in [5.41, 5.74) is 0. The Balaban J connectivity index is 3.02. The summed E-state index contributed by atoms with van der Waals surface area (Å²) in [5.74, 6) is -0.371. The molecular formula is C8H16O5. The Morgan fingerprint density at radius 1 is 1.23 bits per heavy atom. The van der Waals surface area contributed by atoms with Gasteiger partial charge in [-0.05, 0) is 6.92 Å². The van der Waals surface area contributed by atoms with Gasteiger partial charge < -0.3 is 19.3 Å². The molecule has 0 rings (SSSR count). The smallest absolute Gasteiger partial charge is 0.332 e. The summed E-state index contributed by atoms with van der Waals surface area (Å²) < 4.78 is 14.4. The van der Waals surface area contributed by atoms with Gasteiger partial charge in [-0.1, -0.05) is 0 Å². The fourth-order valence-electron chi connectivity index (χ4n) is 0.643. The third-order valence-electron chi connectivity index (χ3n) is 1.13. The van der Waals surface area contributed by atoms with Crippen LogP contribution in [-0.4, -0.2) is 50.7 Å². The van der Waals surface area contributed by atoms with Crippen LogP contribution in [0.15, 0.2) is 0 Å². The molecule has 0 aliphatic rings. The van der Waals surface area contributed by atoms with Crippen LogP contribution in [0.25, 0.3) is 0 Å². The molecule has 0 aliphatic carbocycles. The first-order chi connectivity index (χ1) is 6.31. The standard InChI is InChI=1S/C8H16O5/c1-2-13-8(10)7-12-6-5-11-4-3-9/h9H,2-7H2,1H3. The molecule has 78 valence electrons. The Bertz CT molecular complexity index is 126. The van der Waals surface area contributed by atoms with E-state index in [1.54, 1.807) is 6.92 Å². The zero-order chi connectivity index (χ0) is 9.94. The van der Waals surface area contributed by atoms with Crippen molar-refractivity contribution in [2.45, 2.75) is 6.92 Å². The molecule has 0 aromatic rings. The van der Waals surface area contributed by atoms with E-state index in [4.69, 9.17) is 14.6 Å². The van der Waals surface area contributed by atoms with Crippen molar-refractivity contribution in [2.75, 3.05) is 39.6 Å². The van der Waals surface area contributed by atoms with Gasteiger partial charge in [0.25, 0.3) is 0 Å². The summed E-state index contributed by atoms with van der Waals surface area (Å²) in [6.45, 7) is 3.06. The summed E-state index contributed by atoms with van der Waals surface area (Å²) >= 11 is 0. The average molecular weight is 192 g/mol. The minimum absolute atomic E-state index is 0.00211. The lowest BCUT2D eigenvalue weighted by atomic mass is 10.7. The first-order valence-electron chi connectivity index (χ1n) is 4.23. The highest BCUT2D eigenvalue weighted by Gasteiger charge is 1.99. The van der Waals surface area contributed by atoms with Gasteiger partial charge in [0.1, 0.15) is 6.61 Å². The summed E-state index contributed by atoms with van der Waals surface area (Å²) in [6, 6.07) is 0. The van der Waals surface area contributed by atoms with Crippen molar-refractivity contribution in [1.82, 2.24) is 0 Å². The van der Waals surface area contributed by atoms with Crippen LogP contribution in [0.2, 0.25) is 0 Å². The van der Waals surface area contributed by atoms with Crippen molar-refractivity contribution in [1.29, 1.82) is 0 Å². The second kappa shape index (κ2) is 9.44. The van der Waals surface area contributed by atoms with Gasteiger partial charge in [0, 0.05) is 0 Å². The van der Waals surface area contributed by atoms with Crippen molar-refractivity contribution >= 4 is 5.97 Å². The molecule has 0 spiro atoms. The van der Waals surface area contributed by atoms with E-state index in [0.29, 0.717) is 26.4 Å². The van der Waals surface area contributed by atoms with Crippen LogP contribution < -0.4 is 0 Å². The van der Waals surface area contributed by atoms with Crippen LogP contribution in [0.4, 0.5) is 0 Å². The Hall–Kier alpha value is -0.650. The van der Waals surface area contributed by atoms with Gasteiger partial charge in [0.2, 0.25) is 0 Å². The lowest BCUT2D eigenvalue weighted by Crippen LogP contribution is -2.15. The Kier molecular flexibility index (Phi) is 8.97. The van der Waals surface area contributed by atoms with E-state index >= 15 is 0 Å². The van der Waals surface area contributed by atoms with Gasteiger partial charge in [0.15, 0.2) is 0 Å². The maximum absolute atomic E-state index is 10.7. The van der Waals surface area contributed by atoms with Crippen molar-refractivity contribution in [3.05, 3.63) is 0 Å². The molecule has 0 saturated carbocycles. The van der Waals surface area contributed by atoms with Crippen molar-refractivity contribution in [3.8, 4) is 0 Å². The van der Waals surface area contributed by atoms with Crippen LogP contribution in [0.3, 0.4) is 0 Å². The van der Waals surface area contributed by atoms with Gasteiger partial charge in [-0.3, -0.25) is 0 Å². The highest BCUT2D eigenvalue weighted by atomic mass is 16.6. The van der Waals surface area contributed by atoms with Gasteiger partial charge in [-0.2, -0.15) is 0 Å². The van der Waals surface area contributed by atoms with Gasteiger partial charge in [0.05, 0.1) is 33.0 Å². The first kappa shape index (κ1) is 12.3. The number of esters is 1. The molecular weight excluding hydrogens is 176 g/mol. The number of aliphatic hydroxyl groups is 1. The Morgan fingerprint density at radius 2 is 1.92 bits per heavy atom. The lowest BCUT2D eigenvalue weighted by molar-refractivity contribution is -0.148.